The molecule has 2 aliphatic rings. The summed E-state index contributed by atoms with van der Waals surface area (Å²) in [6.07, 6.45) is 3.28. The number of hydrogen-bond acceptors (Lipinski definition) is 3. The minimum absolute atomic E-state index is 0.0561. The zero-order chi connectivity index (χ0) is 13.1. The average molecular weight is 253 g/mol. The molecule has 0 aromatic carbocycles. The van der Waals surface area contributed by atoms with Crippen LogP contribution in [0, 0.1) is 5.92 Å². The van der Waals surface area contributed by atoms with E-state index in [0.29, 0.717) is 6.54 Å². The lowest BCUT2D eigenvalue weighted by molar-refractivity contribution is -0.133. The van der Waals surface area contributed by atoms with Gasteiger partial charge in [0.25, 0.3) is 0 Å². The molecule has 102 valence electrons. The molecular formula is C13H23N3O2. The van der Waals surface area contributed by atoms with E-state index >= 15 is 0 Å². The fourth-order valence-electron chi connectivity index (χ4n) is 2.31. The van der Waals surface area contributed by atoms with E-state index in [-0.39, 0.29) is 23.9 Å². The Bertz CT molecular complexity index is 326. The number of likely N-dealkylation sites (tertiary alicyclic amines) is 1. The lowest BCUT2D eigenvalue weighted by Crippen LogP contribution is -2.46. The number of carbonyl (C=O) groups is 2. The summed E-state index contributed by atoms with van der Waals surface area (Å²) in [7, 11) is 0. The van der Waals surface area contributed by atoms with Gasteiger partial charge >= 0.3 is 0 Å². The Balaban J connectivity index is 1.68. The molecule has 0 radical (unpaired) electrons. The summed E-state index contributed by atoms with van der Waals surface area (Å²) in [5.41, 5.74) is 0. The largest absolute Gasteiger partial charge is 0.343 e. The van der Waals surface area contributed by atoms with Crippen LogP contribution in [-0.4, -0.2) is 48.4 Å². The van der Waals surface area contributed by atoms with Gasteiger partial charge in [-0.25, -0.2) is 0 Å². The van der Waals surface area contributed by atoms with Crippen molar-refractivity contribution in [3.8, 4) is 0 Å². The molecule has 0 spiro atoms. The second-order valence-corrected chi connectivity index (χ2v) is 5.61. The van der Waals surface area contributed by atoms with Crippen molar-refractivity contribution in [1.82, 2.24) is 15.5 Å². The molecule has 0 aromatic rings. The van der Waals surface area contributed by atoms with Gasteiger partial charge < -0.3 is 15.5 Å². The van der Waals surface area contributed by atoms with Gasteiger partial charge in [-0.05, 0) is 45.6 Å². The van der Waals surface area contributed by atoms with Crippen LogP contribution >= 0.6 is 0 Å². The van der Waals surface area contributed by atoms with Gasteiger partial charge in [0.15, 0.2) is 0 Å². The highest BCUT2D eigenvalue weighted by atomic mass is 16.2. The van der Waals surface area contributed by atoms with Gasteiger partial charge in [0.2, 0.25) is 11.8 Å². The van der Waals surface area contributed by atoms with Crippen LogP contribution in [0.1, 0.15) is 33.1 Å². The van der Waals surface area contributed by atoms with Crippen molar-refractivity contribution in [1.29, 1.82) is 0 Å². The summed E-state index contributed by atoms with van der Waals surface area (Å²) >= 11 is 0. The predicted octanol–water partition coefficient (Wildman–Crippen LogP) is 0.112. The topological polar surface area (TPSA) is 61.4 Å². The number of carbonyl (C=O) groups excluding carboxylic acids is 2. The van der Waals surface area contributed by atoms with Crippen LogP contribution in [0.4, 0.5) is 0 Å². The SMILES string of the molecule is CC(C)N1CCC(NC(=O)CNCC2CC2)C1=O. The van der Waals surface area contributed by atoms with Crippen molar-refractivity contribution in [2.24, 2.45) is 5.92 Å². The molecule has 5 nitrogen and oxygen atoms in total. The van der Waals surface area contributed by atoms with E-state index in [4.69, 9.17) is 0 Å². The third kappa shape index (κ3) is 3.45. The highest BCUT2D eigenvalue weighted by Gasteiger charge is 2.33. The number of rotatable bonds is 6. The zero-order valence-corrected chi connectivity index (χ0v) is 11.2. The van der Waals surface area contributed by atoms with Crippen molar-refractivity contribution in [3.05, 3.63) is 0 Å². The highest BCUT2D eigenvalue weighted by Crippen LogP contribution is 2.27. The molecule has 1 aliphatic heterocycles. The van der Waals surface area contributed by atoms with Gasteiger partial charge in [-0.2, -0.15) is 0 Å². The number of nitrogens with zero attached hydrogens (tertiary/aromatic N) is 1. The second-order valence-electron chi connectivity index (χ2n) is 5.61. The summed E-state index contributed by atoms with van der Waals surface area (Å²) in [6, 6.07) is -0.102. The Morgan fingerprint density at radius 1 is 1.39 bits per heavy atom. The van der Waals surface area contributed by atoms with E-state index in [2.05, 4.69) is 10.6 Å². The molecule has 1 atom stereocenters. The minimum Gasteiger partial charge on any atom is -0.343 e. The average Bonchev–Trinajstić information content (AvgIpc) is 3.04. The predicted molar refractivity (Wildman–Crippen MR) is 69.0 cm³/mol. The Morgan fingerprint density at radius 3 is 2.67 bits per heavy atom. The lowest BCUT2D eigenvalue weighted by Gasteiger charge is -2.21. The molecule has 1 aliphatic carbocycles. The fraction of sp³-hybridized carbons (Fsp3) is 0.846. The van der Waals surface area contributed by atoms with Crippen molar-refractivity contribution in [3.63, 3.8) is 0 Å². The number of nitrogens with one attached hydrogen (secondary N) is 2. The molecule has 2 rings (SSSR count). The van der Waals surface area contributed by atoms with E-state index in [9.17, 15) is 9.59 Å². The maximum Gasteiger partial charge on any atom is 0.245 e. The summed E-state index contributed by atoms with van der Waals surface area (Å²) in [5, 5.41) is 5.95. The molecule has 18 heavy (non-hydrogen) atoms. The number of hydrogen-bond donors (Lipinski definition) is 2. The molecule has 1 saturated carbocycles. The first kappa shape index (κ1) is 13.3. The molecule has 0 aromatic heterocycles. The molecular weight excluding hydrogens is 230 g/mol. The maximum absolute atomic E-state index is 12.0. The Hall–Kier alpha value is -1.10. The van der Waals surface area contributed by atoms with Gasteiger partial charge in [0, 0.05) is 12.6 Å². The first-order valence-corrected chi connectivity index (χ1v) is 6.88. The molecule has 2 fully saturated rings. The third-order valence-electron chi connectivity index (χ3n) is 3.61. The van der Waals surface area contributed by atoms with E-state index < -0.39 is 0 Å². The summed E-state index contributed by atoms with van der Waals surface area (Å²) in [6.45, 7) is 5.99. The van der Waals surface area contributed by atoms with E-state index in [1.165, 1.54) is 12.8 Å². The highest BCUT2D eigenvalue weighted by molar-refractivity contribution is 5.89. The molecule has 1 unspecified atom stereocenters. The molecule has 2 amide bonds. The van der Waals surface area contributed by atoms with Gasteiger partial charge in [0.05, 0.1) is 6.54 Å². The van der Waals surface area contributed by atoms with E-state index in [0.717, 1.165) is 25.4 Å². The maximum atomic E-state index is 12.0. The lowest BCUT2D eigenvalue weighted by atomic mass is 10.2. The van der Waals surface area contributed by atoms with Crippen LogP contribution < -0.4 is 10.6 Å². The quantitative estimate of drug-likeness (QED) is 0.706. The first-order valence-electron chi connectivity index (χ1n) is 6.88. The van der Waals surface area contributed by atoms with Gasteiger partial charge in [-0.1, -0.05) is 0 Å². The van der Waals surface area contributed by atoms with Crippen LogP contribution in [0.5, 0.6) is 0 Å². The normalized spacial score (nSPS) is 23.8. The first-order chi connectivity index (χ1) is 8.58. The van der Waals surface area contributed by atoms with Crippen LogP contribution in [-0.2, 0) is 9.59 Å². The van der Waals surface area contributed by atoms with Gasteiger partial charge in [-0.15, -0.1) is 0 Å². The van der Waals surface area contributed by atoms with E-state index in [1.807, 2.05) is 18.7 Å². The monoisotopic (exact) mass is 253 g/mol. The Morgan fingerprint density at radius 2 is 2.11 bits per heavy atom. The van der Waals surface area contributed by atoms with Gasteiger partial charge in [-0.3, -0.25) is 9.59 Å². The smallest absolute Gasteiger partial charge is 0.245 e. The molecule has 1 saturated heterocycles. The standard InChI is InChI=1S/C13H23N3O2/c1-9(2)16-6-5-11(13(16)18)15-12(17)8-14-7-10-3-4-10/h9-11,14H,3-8H2,1-2H3,(H,15,17). The molecule has 0 bridgehead atoms. The van der Waals surface area contributed by atoms with Crippen LogP contribution in [0.2, 0.25) is 0 Å². The fourth-order valence-corrected chi connectivity index (χ4v) is 2.31. The third-order valence-corrected chi connectivity index (χ3v) is 3.61. The van der Waals surface area contributed by atoms with Gasteiger partial charge in [0.1, 0.15) is 6.04 Å². The van der Waals surface area contributed by atoms with Crippen molar-refractivity contribution >= 4 is 11.8 Å². The number of amides is 2. The van der Waals surface area contributed by atoms with E-state index in [1.54, 1.807) is 0 Å². The van der Waals surface area contributed by atoms with Crippen molar-refractivity contribution in [2.45, 2.75) is 45.2 Å². The van der Waals surface area contributed by atoms with Crippen molar-refractivity contribution < 1.29 is 9.59 Å². The minimum atomic E-state index is -0.317. The van der Waals surface area contributed by atoms with Crippen LogP contribution in [0.15, 0.2) is 0 Å². The Labute approximate surface area is 108 Å². The second kappa shape index (κ2) is 5.69. The summed E-state index contributed by atoms with van der Waals surface area (Å²) in [4.78, 5) is 25.5. The molecule has 2 N–H and O–H groups in total. The van der Waals surface area contributed by atoms with Crippen LogP contribution in [0.25, 0.3) is 0 Å². The Kier molecular flexibility index (Phi) is 4.22. The molecule has 5 heteroatoms. The summed E-state index contributed by atoms with van der Waals surface area (Å²) in [5.74, 6) is 0.752. The van der Waals surface area contributed by atoms with Crippen molar-refractivity contribution in [2.75, 3.05) is 19.6 Å². The molecule has 1 heterocycles. The zero-order valence-electron chi connectivity index (χ0n) is 11.2. The summed E-state index contributed by atoms with van der Waals surface area (Å²) < 4.78 is 0. The van der Waals surface area contributed by atoms with Crippen LogP contribution in [0.3, 0.4) is 0 Å².